The number of aryl methyl sites for hydroxylation is 1. The van der Waals surface area contributed by atoms with Crippen LogP contribution >= 0.6 is 0 Å². The molecule has 1 heterocycles. The highest BCUT2D eigenvalue weighted by molar-refractivity contribution is 5.82. The quantitative estimate of drug-likeness (QED) is 0.641. The highest BCUT2D eigenvalue weighted by Gasteiger charge is 2.21. The third-order valence-electron chi connectivity index (χ3n) is 3.39. The Morgan fingerprint density at radius 2 is 1.48 bits per heavy atom. The molecule has 1 aromatic heterocycles. The number of aromatic nitrogens is 2. The normalized spacial score (nSPS) is 10.8. The van der Waals surface area contributed by atoms with E-state index in [0.29, 0.717) is 23.4 Å². The second kappa shape index (κ2) is 5.79. The van der Waals surface area contributed by atoms with Crippen LogP contribution in [0.15, 0.2) is 42.7 Å². The van der Waals surface area contributed by atoms with E-state index in [1.165, 1.54) is 24.5 Å². The average Bonchev–Trinajstić information content (AvgIpc) is 2.48. The summed E-state index contributed by atoms with van der Waals surface area (Å²) in [6, 6.07) is 6.64. The SMILES string of the molecule is Cc1ncnc(-c2cccc(F)c2)c1-c1c(F)cc(F)cc1F. The van der Waals surface area contributed by atoms with E-state index >= 15 is 0 Å². The minimum absolute atomic E-state index is 0.0631. The van der Waals surface area contributed by atoms with E-state index in [1.54, 1.807) is 13.0 Å². The van der Waals surface area contributed by atoms with Gasteiger partial charge in [-0.2, -0.15) is 0 Å². The first-order chi connectivity index (χ1) is 11.0. The molecule has 0 bridgehead atoms. The molecule has 0 radical (unpaired) electrons. The summed E-state index contributed by atoms with van der Waals surface area (Å²) in [7, 11) is 0. The topological polar surface area (TPSA) is 25.8 Å². The van der Waals surface area contributed by atoms with Crippen LogP contribution in [0.2, 0.25) is 0 Å². The van der Waals surface area contributed by atoms with Crippen molar-refractivity contribution in [2.75, 3.05) is 0 Å². The summed E-state index contributed by atoms with van der Waals surface area (Å²) in [6.07, 6.45) is 1.22. The molecule has 0 amide bonds. The Balaban J connectivity index is 2.33. The molecule has 0 unspecified atom stereocenters. The van der Waals surface area contributed by atoms with Crippen LogP contribution in [0.3, 0.4) is 0 Å². The molecule has 0 spiro atoms. The Morgan fingerprint density at radius 1 is 0.783 bits per heavy atom. The molecule has 0 atom stereocenters. The Labute approximate surface area is 129 Å². The van der Waals surface area contributed by atoms with Crippen LogP contribution in [-0.2, 0) is 0 Å². The van der Waals surface area contributed by atoms with Crippen molar-refractivity contribution in [3.05, 3.63) is 71.7 Å². The van der Waals surface area contributed by atoms with Gasteiger partial charge in [0, 0.05) is 29.0 Å². The van der Waals surface area contributed by atoms with Gasteiger partial charge in [0.1, 0.15) is 29.6 Å². The van der Waals surface area contributed by atoms with Crippen LogP contribution in [0.4, 0.5) is 17.6 Å². The van der Waals surface area contributed by atoms with Gasteiger partial charge in [0.2, 0.25) is 0 Å². The van der Waals surface area contributed by atoms with Crippen LogP contribution in [0.1, 0.15) is 5.69 Å². The molecule has 0 N–H and O–H groups in total. The maximum Gasteiger partial charge on any atom is 0.137 e. The fraction of sp³-hybridized carbons (Fsp3) is 0.0588. The molecule has 0 saturated carbocycles. The lowest BCUT2D eigenvalue weighted by Gasteiger charge is -2.13. The molecule has 6 heteroatoms. The van der Waals surface area contributed by atoms with E-state index in [1.807, 2.05) is 0 Å². The van der Waals surface area contributed by atoms with Gasteiger partial charge in [-0.3, -0.25) is 0 Å². The number of nitrogens with zero attached hydrogens (tertiary/aromatic N) is 2. The summed E-state index contributed by atoms with van der Waals surface area (Å²) < 4.78 is 54.9. The zero-order chi connectivity index (χ0) is 16.6. The molecule has 0 aliphatic rings. The molecule has 0 aliphatic carbocycles. The molecule has 0 saturated heterocycles. The van der Waals surface area contributed by atoms with Crippen LogP contribution in [-0.4, -0.2) is 9.97 Å². The number of hydrogen-bond donors (Lipinski definition) is 0. The van der Waals surface area contributed by atoms with Gasteiger partial charge in [-0.05, 0) is 19.1 Å². The maximum atomic E-state index is 14.1. The van der Waals surface area contributed by atoms with Gasteiger partial charge in [-0.25, -0.2) is 27.5 Å². The summed E-state index contributed by atoms with van der Waals surface area (Å²) in [5.74, 6) is -3.67. The molecule has 116 valence electrons. The third-order valence-corrected chi connectivity index (χ3v) is 3.39. The van der Waals surface area contributed by atoms with Crippen LogP contribution in [0.25, 0.3) is 22.4 Å². The van der Waals surface area contributed by atoms with Crippen molar-refractivity contribution in [3.63, 3.8) is 0 Å². The van der Waals surface area contributed by atoms with Crippen molar-refractivity contribution in [2.45, 2.75) is 6.92 Å². The third kappa shape index (κ3) is 2.79. The second-order valence-corrected chi connectivity index (χ2v) is 4.94. The lowest BCUT2D eigenvalue weighted by atomic mass is 9.97. The van der Waals surface area contributed by atoms with Crippen molar-refractivity contribution in [1.29, 1.82) is 0 Å². The Morgan fingerprint density at radius 3 is 2.13 bits per heavy atom. The van der Waals surface area contributed by atoms with E-state index in [4.69, 9.17) is 0 Å². The van der Waals surface area contributed by atoms with E-state index in [2.05, 4.69) is 9.97 Å². The monoisotopic (exact) mass is 318 g/mol. The van der Waals surface area contributed by atoms with Gasteiger partial charge < -0.3 is 0 Å². The highest BCUT2D eigenvalue weighted by atomic mass is 19.1. The molecular formula is C17H10F4N2. The molecule has 23 heavy (non-hydrogen) atoms. The summed E-state index contributed by atoms with van der Waals surface area (Å²) in [5, 5.41) is 0. The summed E-state index contributed by atoms with van der Waals surface area (Å²) in [6.45, 7) is 1.54. The molecule has 3 aromatic rings. The zero-order valence-corrected chi connectivity index (χ0v) is 11.9. The van der Waals surface area contributed by atoms with Gasteiger partial charge in [0.25, 0.3) is 0 Å². The molecule has 2 nitrogen and oxygen atoms in total. The Kier molecular flexibility index (Phi) is 3.82. The smallest absolute Gasteiger partial charge is 0.137 e. The van der Waals surface area contributed by atoms with E-state index in [9.17, 15) is 17.6 Å². The van der Waals surface area contributed by atoms with Crippen LogP contribution in [0.5, 0.6) is 0 Å². The predicted octanol–water partition coefficient (Wildman–Crippen LogP) is 4.68. The van der Waals surface area contributed by atoms with E-state index in [0.717, 1.165) is 0 Å². The molecule has 0 aliphatic heterocycles. The molecule has 2 aromatic carbocycles. The first-order valence-electron chi connectivity index (χ1n) is 6.70. The van der Waals surface area contributed by atoms with E-state index < -0.39 is 28.8 Å². The lowest BCUT2D eigenvalue weighted by Crippen LogP contribution is -2.01. The molecular weight excluding hydrogens is 308 g/mol. The lowest BCUT2D eigenvalue weighted by molar-refractivity contribution is 0.547. The standard InChI is InChI=1S/C17H10F4N2/c1-9-15(16-13(20)6-12(19)7-14(16)21)17(23-8-22-9)10-3-2-4-11(18)5-10/h2-8H,1H3. The van der Waals surface area contributed by atoms with Gasteiger partial charge >= 0.3 is 0 Å². The largest absolute Gasteiger partial charge is 0.241 e. The summed E-state index contributed by atoms with van der Waals surface area (Å²) >= 11 is 0. The van der Waals surface area contributed by atoms with Gasteiger partial charge in [0.15, 0.2) is 0 Å². The Hall–Kier alpha value is -2.76. The number of halogens is 4. The first kappa shape index (κ1) is 15.1. The maximum absolute atomic E-state index is 14.1. The summed E-state index contributed by atoms with van der Waals surface area (Å²) in [5.41, 5.74) is 0.426. The minimum Gasteiger partial charge on any atom is -0.241 e. The Bertz CT molecular complexity index is 871. The first-order valence-corrected chi connectivity index (χ1v) is 6.70. The number of benzene rings is 2. The van der Waals surface area contributed by atoms with Crippen molar-refractivity contribution >= 4 is 0 Å². The van der Waals surface area contributed by atoms with Crippen LogP contribution in [0, 0.1) is 30.2 Å². The predicted molar refractivity (Wildman–Crippen MR) is 77.5 cm³/mol. The van der Waals surface area contributed by atoms with Gasteiger partial charge in [-0.1, -0.05) is 12.1 Å². The zero-order valence-electron chi connectivity index (χ0n) is 11.9. The van der Waals surface area contributed by atoms with Gasteiger partial charge in [0.05, 0.1) is 11.3 Å². The van der Waals surface area contributed by atoms with E-state index in [-0.39, 0.29) is 11.3 Å². The fourth-order valence-corrected chi connectivity index (χ4v) is 2.41. The summed E-state index contributed by atoms with van der Waals surface area (Å²) in [4.78, 5) is 7.96. The highest BCUT2D eigenvalue weighted by Crippen LogP contribution is 2.35. The number of hydrogen-bond acceptors (Lipinski definition) is 2. The molecule has 0 fully saturated rings. The molecule has 3 rings (SSSR count). The van der Waals surface area contributed by atoms with Crippen molar-refractivity contribution < 1.29 is 17.6 Å². The van der Waals surface area contributed by atoms with Crippen LogP contribution < -0.4 is 0 Å². The van der Waals surface area contributed by atoms with Gasteiger partial charge in [-0.15, -0.1) is 0 Å². The second-order valence-electron chi connectivity index (χ2n) is 4.94. The fourth-order valence-electron chi connectivity index (χ4n) is 2.41. The van der Waals surface area contributed by atoms with Crippen molar-refractivity contribution in [3.8, 4) is 22.4 Å². The minimum atomic E-state index is -1.07. The number of rotatable bonds is 2. The van der Waals surface area contributed by atoms with Crippen molar-refractivity contribution in [1.82, 2.24) is 9.97 Å². The average molecular weight is 318 g/mol. The van der Waals surface area contributed by atoms with Crippen molar-refractivity contribution in [2.24, 2.45) is 0 Å².